The first kappa shape index (κ1) is 14.3. The van der Waals surface area contributed by atoms with Crippen LogP contribution in [0.2, 0.25) is 0 Å². The van der Waals surface area contributed by atoms with Gasteiger partial charge >= 0.3 is 0 Å². The van der Waals surface area contributed by atoms with E-state index < -0.39 is 0 Å². The zero-order chi connectivity index (χ0) is 11.4. The molecule has 0 fully saturated rings. The van der Waals surface area contributed by atoms with Gasteiger partial charge in [0.25, 0.3) is 0 Å². The molecule has 0 radical (unpaired) electrons. The van der Waals surface area contributed by atoms with E-state index in [1.54, 1.807) is 0 Å². The van der Waals surface area contributed by atoms with Crippen molar-refractivity contribution < 1.29 is 4.74 Å². The highest BCUT2D eigenvalue weighted by Gasteiger charge is 2.05. The predicted octanol–water partition coefficient (Wildman–Crippen LogP) is 3.92. The Hall–Kier alpha value is -0.730. The molecule has 0 bridgehead atoms. The maximum Gasteiger partial charge on any atom is 0.0494 e. The number of nitrogens with zero attached hydrogens (tertiary/aromatic N) is 3. The van der Waals surface area contributed by atoms with Crippen LogP contribution in [0, 0.1) is 5.92 Å². The fourth-order valence-corrected chi connectivity index (χ4v) is 1.43. The molecule has 0 aliphatic rings. The second-order valence-electron chi connectivity index (χ2n) is 3.80. The Labute approximate surface area is 92.6 Å². The van der Waals surface area contributed by atoms with E-state index >= 15 is 0 Å². The number of ether oxygens (including phenoxy) is 1. The van der Waals surface area contributed by atoms with Gasteiger partial charge in [-0.2, -0.15) is 0 Å². The number of hydrogen-bond donors (Lipinski definition) is 0. The number of rotatable bonds is 10. The molecule has 0 rings (SSSR count). The number of azide groups is 1. The lowest BCUT2D eigenvalue weighted by molar-refractivity contribution is 0.0933. The molecule has 0 heterocycles. The molecular formula is C11H23N3O. The highest BCUT2D eigenvalue weighted by Crippen LogP contribution is 2.12. The van der Waals surface area contributed by atoms with Gasteiger partial charge in [-0.05, 0) is 24.3 Å². The van der Waals surface area contributed by atoms with Gasteiger partial charge in [-0.25, -0.2) is 0 Å². The fourth-order valence-electron chi connectivity index (χ4n) is 1.43. The molecule has 0 N–H and O–H groups in total. The van der Waals surface area contributed by atoms with Gasteiger partial charge in [0.15, 0.2) is 0 Å². The van der Waals surface area contributed by atoms with E-state index in [-0.39, 0.29) is 0 Å². The Morgan fingerprint density at radius 3 is 2.73 bits per heavy atom. The van der Waals surface area contributed by atoms with Crippen LogP contribution in [0.25, 0.3) is 10.4 Å². The summed E-state index contributed by atoms with van der Waals surface area (Å²) in [6.07, 6.45) is 5.84. The van der Waals surface area contributed by atoms with Crippen LogP contribution in [-0.2, 0) is 4.74 Å². The van der Waals surface area contributed by atoms with Gasteiger partial charge in [-0.15, -0.1) is 0 Å². The topological polar surface area (TPSA) is 58.0 Å². The van der Waals surface area contributed by atoms with Crippen molar-refractivity contribution in [1.29, 1.82) is 0 Å². The van der Waals surface area contributed by atoms with Crippen LogP contribution in [-0.4, -0.2) is 19.8 Å². The molecular weight excluding hydrogens is 190 g/mol. The Morgan fingerprint density at radius 2 is 2.13 bits per heavy atom. The van der Waals surface area contributed by atoms with Crippen molar-refractivity contribution in [1.82, 2.24) is 0 Å². The minimum atomic E-state index is 0.544. The molecule has 15 heavy (non-hydrogen) atoms. The first-order valence-corrected chi connectivity index (χ1v) is 5.93. The highest BCUT2D eigenvalue weighted by atomic mass is 16.5. The lowest BCUT2D eigenvalue weighted by Crippen LogP contribution is -2.10. The van der Waals surface area contributed by atoms with E-state index in [9.17, 15) is 0 Å². The van der Waals surface area contributed by atoms with Crippen LogP contribution in [0.1, 0.15) is 46.0 Å². The summed E-state index contributed by atoms with van der Waals surface area (Å²) >= 11 is 0. The zero-order valence-corrected chi connectivity index (χ0v) is 9.98. The first-order chi connectivity index (χ1) is 7.35. The molecule has 88 valence electrons. The summed E-state index contributed by atoms with van der Waals surface area (Å²) in [7, 11) is 0. The molecule has 4 nitrogen and oxygen atoms in total. The van der Waals surface area contributed by atoms with Crippen LogP contribution < -0.4 is 0 Å². The second-order valence-corrected chi connectivity index (χ2v) is 3.80. The van der Waals surface area contributed by atoms with Crippen LogP contribution in [0.15, 0.2) is 5.11 Å². The molecule has 0 aliphatic carbocycles. The van der Waals surface area contributed by atoms with Crippen molar-refractivity contribution in [2.75, 3.05) is 19.8 Å². The number of hydrogen-bond acceptors (Lipinski definition) is 2. The van der Waals surface area contributed by atoms with Crippen LogP contribution in [0.3, 0.4) is 0 Å². The SMILES string of the molecule is CCCCC(CC)COCCCN=[N+]=[N-]. The van der Waals surface area contributed by atoms with Crippen molar-refractivity contribution in [3.05, 3.63) is 10.4 Å². The highest BCUT2D eigenvalue weighted by molar-refractivity contribution is 4.56. The van der Waals surface area contributed by atoms with Crippen molar-refractivity contribution in [2.45, 2.75) is 46.0 Å². The van der Waals surface area contributed by atoms with E-state index in [0.29, 0.717) is 19.1 Å². The Kier molecular flexibility index (Phi) is 10.8. The molecule has 1 unspecified atom stereocenters. The van der Waals surface area contributed by atoms with Gasteiger partial charge in [0, 0.05) is 24.7 Å². The minimum Gasteiger partial charge on any atom is -0.381 e. The van der Waals surface area contributed by atoms with E-state index in [0.717, 1.165) is 13.0 Å². The fraction of sp³-hybridized carbons (Fsp3) is 1.00. The smallest absolute Gasteiger partial charge is 0.0494 e. The lowest BCUT2D eigenvalue weighted by atomic mass is 10.0. The van der Waals surface area contributed by atoms with Crippen LogP contribution in [0.5, 0.6) is 0 Å². The Morgan fingerprint density at radius 1 is 1.33 bits per heavy atom. The molecule has 0 aliphatic heterocycles. The zero-order valence-electron chi connectivity index (χ0n) is 9.98. The first-order valence-electron chi connectivity index (χ1n) is 5.93. The maximum absolute atomic E-state index is 8.06. The van der Waals surface area contributed by atoms with E-state index in [2.05, 4.69) is 23.9 Å². The van der Waals surface area contributed by atoms with Crippen LogP contribution >= 0.6 is 0 Å². The molecule has 0 aromatic heterocycles. The summed E-state index contributed by atoms with van der Waals surface area (Å²) in [5.74, 6) is 0.699. The van der Waals surface area contributed by atoms with E-state index in [1.807, 2.05) is 0 Å². The Bertz CT molecular complexity index is 179. The van der Waals surface area contributed by atoms with Crippen molar-refractivity contribution >= 4 is 0 Å². The molecule has 0 aromatic carbocycles. The molecule has 0 amide bonds. The third kappa shape index (κ3) is 9.57. The van der Waals surface area contributed by atoms with Gasteiger partial charge in [0.1, 0.15) is 0 Å². The van der Waals surface area contributed by atoms with Gasteiger partial charge in [0.2, 0.25) is 0 Å². The lowest BCUT2D eigenvalue weighted by Gasteiger charge is -2.14. The summed E-state index contributed by atoms with van der Waals surface area (Å²) < 4.78 is 5.55. The van der Waals surface area contributed by atoms with Crippen molar-refractivity contribution in [3.63, 3.8) is 0 Å². The third-order valence-electron chi connectivity index (χ3n) is 2.51. The molecule has 4 heteroatoms. The van der Waals surface area contributed by atoms with Crippen LogP contribution in [0.4, 0.5) is 0 Å². The largest absolute Gasteiger partial charge is 0.381 e. The van der Waals surface area contributed by atoms with Crippen molar-refractivity contribution in [2.24, 2.45) is 11.0 Å². The average molecular weight is 213 g/mol. The molecule has 0 aromatic rings. The Balaban J connectivity index is 3.33. The summed E-state index contributed by atoms with van der Waals surface area (Å²) in [5.41, 5.74) is 8.06. The second kappa shape index (κ2) is 11.3. The molecule has 0 spiro atoms. The molecule has 1 atom stereocenters. The van der Waals surface area contributed by atoms with Gasteiger partial charge in [-0.1, -0.05) is 38.2 Å². The normalized spacial score (nSPS) is 12.1. The molecule has 0 saturated heterocycles. The van der Waals surface area contributed by atoms with Crippen molar-refractivity contribution in [3.8, 4) is 0 Å². The van der Waals surface area contributed by atoms with E-state index in [1.165, 1.54) is 25.7 Å². The predicted molar refractivity (Wildman–Crippen MR) is 62.8 cm³/mol. The summed E-state index contributed by atoms with van der Waals surface area (Å²) in [6, 6.07) is 0. The monoisotopic (exact) mass is 213 g/mol. The third-order valence-corrected chi connectivity index (χ3v) is 2.51. The quantitative estimate of drug-likeness (QED) is 0.235. The number of unbranched alkanes of at least 4 members (excludes halogenated alkanes) is 1. The van der Waals surface area contributed by atoms with Gasteiger partial charge in [-0.3, -0.25) is 0 Å². The summed E-state index contributed by atoms with van der Waals surface area (Å²) in [4.78, 5) is 2.69. The van der Waals surface area contributed by atoms with Gasteiger partial charge < -0.3 is 4.74 Å². The summed E-state index contributed by atoms with van der Waals surface area (Å²) in [5, 5.41) is 3.46. The van der Waals surface area contributed by atoms with E-state index in [4.69, 9.17) is 10.3 Å². The summed E-state index contributed by atoms with van der Waals surface area (Å²) in [6.45, 7) is 6.54. The molecule has 0 saturated carbocycles. The average Bonchev–Trinajstić information content (AvgIpc) is 2.27. The van der Waals surface area contributed by atoms with Gasteiger partial charge in [0.05, 0.1) is 0 Å². The minimum absolute atomic E-state index is 0.544. The maximum atomic E-state index is 8.06. The standard InChI is InChI=1S/C11H23N3O/c1-3-5-7-11(4-2)10-15-9-6-8-13-14-12/h11H,3-10H2,1-2H3.